The molecule has 1 aliphatic carbocycles. The lowest BCUT2D eigenvalue weighted by Crippen LogP contribution is -2.47. The minimum absolute atomic E-state index is 0.0826. The highest BCUT2D eigenvalue weighted by molar-refractivity contribution is 7.09. The van der Waals surface area contributed by atoms with Gasteiger partial charge in [0.15, 0.2) is 0 Å². The molecule has 0 bridgehead atoms. The molecule has 1 saturated carbocycles. The molecule has 6 nitrogen and oxygen atoms in total. The predicted octanol–water partition coefficient (Wildman–Crippen LogP) is 6.39. The molecule has 198 valence electrons. The van der Waals surface area contributed by atoms with Crippen molar-refractivity contribution in [2.24, 2.45) is 0 Å². The van der Waals surface area contributed by atoms with Crippen LogP contribution in [0.15, 0.2) is 72.2 Å². The molecular weight excluding hydrogens is 494 g/mol. The average molecular weight is 530 g/mol. The summed E-state index contributed by atoms with van der Waals surface area (Å²) >= 11 is 1.60. The highest BCUT2D eigenvalue weighted by Gasteiger charge is 2.33. The Morgan fingerprint density at radius 1 is 1.05 bits per heavy atom. The van der Waals surface area contributed by atoms with Crippen LogP contribution in [-0.4, -0.2) is 34.3 Å². The second kappa shape index (κ2) is 12.3. The minimum atomic E-state index is -0.743. The number of carbonyl (C=O) groups is 2. The Morgan fingerprint density at radius 2 is 1.84 bits per heavy atom. The van der Waals surface area contributed by atoms with Gasteiger partial charge < -0.3 is 19.9 Å². The predicted molar refractivity (Wildman–Crippen MR) is 152 cm³/mol. The number of amides is 2. The second-order valence-electron chi connectivity index (χ2n) is 9.89. The number of thiophene rings is 1. The van der Waals surface area contributed by atoms with E-state index in [9.17, 15) is 9.59 Å². The maximum atomic E-state index is 14.1. The van der Waals surface area contributed by atoms with E-state index in [0.29, 0.717) is 13.2 Å². The van der Waals surface area contributed by atoms with Crippen LogP contribution < -0.4 is 10.1 Å². The van der Waals surface area contributed by atoms with Gasteiger partial charge in [0.05, 0.1) is 19.6 Å². The van der Waals surface area contributed by atoms with Gasteiger partial charge in [0.2, 0.25) is 11.8 Å². The number of benzene rings is 2. The number of rotatable bonds is 10. The van der Waals surface area contributed by atoms with Crippen molar-refractivity contribution in [3.63, 3.8) is 0 Å². The number of para-hydroxylation sites is 1. The largest absolute Gasteiger partial charge is 0.494 e. The number of fused-ring (bicyclic) bond motifs is 1. The van der Waals surface area contributed by atoms with Crippen LogP contribution in [0.25, 0.3) is 10.9 Å². The lowest BCUT2D eigenvalue weighted by molar-refractivity contribution is -0.141. The van der Waals surface area contributed by atoms with Crippen molar-refractivity contribution in [2.45, 2.75) is 64.1 Å². The summed E-state index contributed by atoms with van der Waals surface area (Å²) in [5.74, 6) is 0.545. The summed E-state index contributed by atoms with van der Waals surface area (Å²) in [5, 5.41) is 6.33. The number of hydrogen-bond donors (Lipinski definition) is 2. The lowest BCUT2D eigenvalue weighted by Gasteiger charge is -2.33. The number of carbonyl (C=O) groups excluding carboxylic acids is 2. The molecule has 38 heavy (non-hydrogen) atoms. The number of nitrogens with zero attached hydrogens (tertiary/aromatic N) is 1. The molecule has 7 heteroatoms. The van der Waals surface area contributed by atoms with Crippen LogP contribution >= 0.6 is 11.3 Å². The van der Waals surface area contributed by atoms with E-state index < -0.39 is 6.04 Å². The zero-order chi connectivity index (χ0) is 26.3. The van der Waals surface area contributed by atoms with Crippen LogP contribution in [0.1, 0.15) is 61.1 Å². The molecule has 2 aromatic carbocycles. The van der Waals surface area contributed by atoms with Gasteiger partial charge in [-0.25, -0.2) is 0 Å². The van der Waals surface area contributed by atoms with Gasteiger partial charge in [0.25, 0.3) is 0 Å². The molecular formula is C31H35N3O3S. The van der Waals surface area contributed by atoms with Crippen molar-refractivity contribution in [1.82, 2.24) is 15.2 Å². The van der Waals surface area contributed by atoms with Crippen molar-refractivity contribution in [2.75, 3.05) is 6.61 Å². The Balaban J connectivity index is 1.49. The quantitative estimate of drug-likeness (QED) is 0.250. The van der Waals surface area contributed by atoms with Gasteiger partial charge in [0, 0.05) is 28.0 Å². The van der Waals surface area contributed by atoms with Gasteiger partial charge in [-0.2, -0.15) is 0 Å². The van der Waals surface area contributed by atoms with E-state index in [1.54, 1.807) is 16.2 Å². The van der Waals surface area contributed by atoms with Gasteiger partial charge in [-0.05, 0) is 60.5 Å². The van der Waals surface area contributed by atoms with Crippen LogP contribution in [0.4, 0.5) is 0 Å². The molecule has 2 amide bonds. The SMILES string of the molecule is CCOc1ccc([C@@H](C(=O)NC2CCCCC2)N(Cc2cccs2)C(=O)Cc2c[nH]c3ccccc23)cc1. The molecule has 0 aliphatic heterocycles. The fraction of sp³-hybridized carbons (Fsp3) is 0.355. The number of hydrogen-bond acceptors (Lipinski definition) is 4. The molecule has 5 rings (SSSR count). The van der Waals surface area contributed by atoms with Crippen molar-refractivity contribution in [3.8, 4) is 5.75 Å². The summed E-state index contributed by atoms with van der Waals surface area (Å²) in [7, 11) is 0. The van der Waals surface area contributed by atoms with Crippen molar-refractivity contribution >= 4 is 34.1 Å². The molecule has 2 heterocycles. The Hall–Kier alpha value is -3.58. The maximum absolute atomic E-state index is 14.1. The number of H-pyrrole nitrogens is 1. The summed E-state index contributed by atoms with van der Waals surface area (Å²) in [6.07, 6.45) is 7.53. The third-order valence-corrected chi connectivity index (χ3v) is 8.12. The van der Waals surface area contributed by atoms with Gasteiger partial charge in [-0.15, -0.1) is 11.3 Å². The van der Waals surface area contributed by atoms with E-state index in [-0.39, 0.29) is 24.3 Å². The third-order valence-electron chi connectivity index (χ3n) is 7.26. The Labute approximate surface area is 228 Å². The van der Waals surface area contributed by atoms with Crippen LogP contribution in [0.2, 0.25) is 0 Å². The zero-order valence-electron chi connectivity index (χ0n) is 21.8. The van der Waals surface area contributed by atoms with E-state index in [0.717, 1.165) is 58.3 Å². The maximum Gasteiger partial charge on any atom is 0.247 e. The Bertz CT molecular complexity index is 1340. The van der Waals surface area contributed by atoms with Crippen molar-refractivity contribution in [3.05, 3.63) is 88.2 Å². The number of ether oxygens (including phenoxy) is 1. The van der Waals surface area contributed by atoms with E-state index in [4.69, 9.17) is 4.74 Å². The van der Waals surface area contributed by atoms with Crippen LogP contribution in [0.5, 0.6) is 5.75 Å². The topological polar surface area (TPSA) is 74.4 Å². The lowest BCUT2D eigenvalue weighted by atomic mass is 9.94. The summed E-state index contributed by atoms with van der Waals surface area (Å²) < 4.78 is 5.64. The van der Waals surface area contributed by atoms with E-state index in [2.05, 4.69) is 10.3 Å². The monoisotopic (exact) mass is 529 g/mol. The summed E-state index contributed by atoms with van der Waals surface area (Å²) in [5.41, 5.74) is 2.71. The van der Waals surface area contributed by atoms with E-state index in [1.807, 2.05) is 79.2 Å². The zero-order valence-corrected chi connectivity index (χ0v) is 22.6. The molecule has 0 radical (unpaired) electrons. The normalized spacial score (nSPS) is 14.8. The van der Waals surface area contributed by atoms with Crippen molar-refractivity contribution in [1.29, 1.82) is 0 Å². The minimum Gasteiger partial charge on any atom is -0.494 e. The van der Waals surface area contributed by atoms with Crippen molar-refractivity contribution < 1.29 is 14.3 Å². The van der Waals surface area contributed by atoms with Crippen LogP contribution in [0.3, 0.4) is 0 Å². The van der Waals surface area contributed by atoms with Gasteiger partial charge >= 0.3 is 0 Å². The summed E-state index contributed by atoms with van der Waals surface area (Å²) in [6.45, 7) is 2.88. The first-order chi connectivity index (χ1) is 18.6. The Morgan fingerprint density at radius 3 is 2.58 bits per heavy atom. The molecule has 1 aliphatic rings. The van der Waals surface area contributed by atoms with Gasteiger partial charge in [-0.3, -0.25) is 9.59 Å². The molecule has 2 N–H and O–H groups in total. The Kier molecular flexibility index (Phi) is 8.44. The molecule has 0 saturated heterocycles. The fourth-order valence-corrected chi connectivity index (χ4v) is 6.05. The molecule has 4 aromatic rings. The first kappa shape index (κ1) is 26.0. The van der Waals surface area contributed by atoms with E-state index in [1.165, 1.54) is 6.42 Å². The molecule has 2 aromatic heterocycles. The second-order valence-corrected chi connectivity index (χ2v) is 10.9. The number of nitrogens with one attached hydrogen (secondary N) is 2. The van der Waals surface area contributed by atoms with Gasteiger partial charge in [-0.1, -0.05) is 55.7 Å². The first-order valence-corrected chi connectivity index (χ1v) is 14.4. The summed E-state index contributed by atoms with van der Waals surface area (Å²) in [4.78, 5) is 34.1. The third kappa shape index (κ3) is 6.10. The number of aromatic amines is 1. The smallest absolute Gasteiger partial charge is 0.247 e. The van der Waals surface area contributed by atoms with E-state index >= 15 is 0 Å². The molecule has 0 unspecified atom stereocenters. The fourth-order valence-electron chi connectivity index (χ4n) is 5.35. The van der Waals surface area contributed by atoms with Gasteiger partial charge in [0.1, 0.15) is 11.8 Å². The molecule has 1 fully saturated rings. The first-order valence-electron chi connectivity index (χ1n) is 13.5. The average Bonchev–Trinajstić information content (AvgIpc) is 3.60. The highest BCUT2D eigenvalue weighted by atomic mass is 32.1. The highest BCUT2D eigenvalue weighted by Crippen LogP contribution is 2.29. The summed E-state index contributed by atoms with van der Waals surface area (Å²) in [6, 6.07) is 19.0. The molecule has 0 spiro atoms. The molecule has 1 atom stereocenters. The standard InChI is InChI=1S/C31H35N3O3S/c1-2-37-25-16-14-22(15-17-25)30(31(36)33-24-9-4-3-5-10-24)34(21-26-11-8-18-38-26)29(35)19-23-20-32-28-13-7-6-12-27(23)28/h6-8,11-18,20,24,30,32H,2-5,9-10,19,21H2,1H3,(H,33,36)/t30-/m0/s1. The van der Waals surface area contributed by atoms with Crippen LogP contribution in [0, 0.1) is 0 Å². The van der Waals surface area contributed by atoms with Crippen LogP contribution in [-0.2, 0) is 22.6 Å². The number of aromatic nitrogens is 1.